The van der Waals surface area contributed by atoms with E-state index in [9.17, 15) is 8.78 Å². The maximum absolute atomic E-state index is 14.0. The maximum Gasteiger partial charge on any atom is 0.135 e. The van der Waals surface area contributed by atoms with Crippen LogP contribution in [0.1, 0.15) is 5.56 Å². The summed E-state index contributed by atoms with van der Waals surface area (Å²) in [6, 6.07) is 3.85. The van der Waals surface area contributed by atoms with E-state index in [0.29, 0.717) is 18.8 Å². The van der Waals surface area contributed by atoms with Crippen LogP contribution in [0.25, 0.3) is 11.3 Å². The summed E-state index contributed by atoms with van der Waals surface area (Å²) < 4.78 is 28.0. The highest BCUT2D eigenvalue weighted by molar-refractivity contribution is 5.64. The Bertz CT molecular complexity index is 633. The quantitative estimate of drug-likeness (QED) is 0.875. The molecule has 1 fully saturated rings. The number of hydrogen-bond acceptors (Lipinski definition) is 4. The zero-order valence-corrected chi connectivity index (χ0v) is 12.8. The standard InChI is InChI=1S/C16H20F2N4O/c17-13-2-1-3-14(18)15(13)16-12(10-19-20-16)11-22-6-4-21(5-7-22)8-9-23/h1-3,10,23H,4-9,11H2,(H,19,20). The number of β-amino-alcohol motifs (C(OH)–C–C–N with tert-alkyl or cyclic N) is 1. The van der Waals surface area contributed by atoms with Crippen molar-refractivity contribution in [3.8, 4) is 11.3 Å². The molecule has 7 heteroatoms. The predicted octanol–water partition coefficient (Wildman–Crippen LogP) is 1.46. The average molecular weight is 322 g/mol. The Morgan fingerprint density at radius 3 is 2.39 bits per heavy atom. The summed E-state index contributed by atoms with van der Waals surface area (Å²) >= 11 is 0. The first-order valence-electron chi connectivity index (χ1n) is 7.71. The van der Waals surface area contributed by atoms with Gasteiger partial charge in [-0.2, -0.15) is 5.10 Å². The molecular formula is C16H20F2N4O. The molecule has 0 atom stereocenters. The number of nitrogens with one attached hydrogen (secondary N) is 1. The van der Waals surface area contributed by atoms with Gasteiger partial charge in [-0.25, -0.2) is 8.78 Å². The summed E-state index contributed by atoms with van der Waals surface area (Å²) in [6.07, 6.45) is 1.63. The molecule has 5 nitrogen and oxygen atoms in total. The minimum atomic E-state index is -0.594. The van der Waals surface area contributed by atoms with Gasteiger partial charge < -0.3 is 5.11 Å². The van der Waals surface area contributed by atoms with Crippen molar-refractivity contribution in [3.63, 3.8) is 0 Å². The second-order valence-electron chi connectivity index (χ2n) is 5.71. The lowest BCUT2D eigenvalue weighted by atomic mass is 10.1. The SMILES string of the molecule is OCCN1CCN(Cc2cn[nH]c2-c2c(F)cccc2F)CC1. The molecule has 124 valence electrons. The molecule has 1 aromatic carbocycles. The van der Waals surface area contributed by atoms with Gasteiger partial charge in [0.1, 0.15) is 11.6 Å². The van der Waals surface area contributed by atoms with Gasteiger partial charge in [0.25, 0.3) is 0 Å². The van der Waals surface area contributed by atoms with Crippen molar-refractivity contribution < 1.29 is 13.9 Å². The predicted molar refractivity (Wildman–Crippen MR) is 82.7 cm³/mol. The molecule has 0 amide bonds. The van der Waals surface area contributed by atoms with Crippen LogP contribution in [-0.2, 0) is 6.54 Å². The number of aliphatic hydroxyl groups is 1. The second kappa shape index (κ2) is 7.16. The third kappa shape index (κ3) is 3.57. The molecular weight excluding hydrogens is 302 g/mol. The molecule has 2 heterocycles. The van der Waals surface area contributed by atoms with Gasteiger partial charge in [-0.3, -0.25) is 14.9 Å². The van der Waals surface area contributed by atoms with Crippen LogP contribution in [0.5, 0.6) is 0 Å². The number of piperazine rings is 1. The van der Waals surface area contributed by atoms with Crippen LogP contribution in [0.4, 0.5) is 8.78 Å². The Balaban J connectivity index is 1.73. The maximum atomic E-state index is 14.0. The number of aromatic amines is 1. The lowest BCUT2D eigenvalue weighted by Gasteiger charge is -2.34. The zero-order chi connectivity index (χ0) is 16.2. The average Bonchev–Trinajstić information content (AvgIpc) is 2.97. The van der Waals surface area contributed by atoms with Crippen molar-refractivity contribution in [2.24, 2.45) is 0 Å². The highest BCUT2D eigenvalue weighted by atomic mass is 19.1. The molecule has 0 bridgehead atoms. The van der Waals surface area contributed by atoms with Crippen molar-refractivity contribution in [2.45, 2.75) is 6.54 Å². The molecule has 0 unspecified atom stereocenters. The Morgan fingerprint density at radius 1 is 1.09 bits per heavy atom. The van der Waals surface area contributed by atoms with E-state index < -0.39 is 11.6 Å². The van der Waals surface area contributed by atoms with Gasteiger partial charge in [0.2, 0.25) is 0 Å². The summed E-state index contributed by atoms with van der Waals surface area (Å²) in [4.78, 5) is 4.42. The van der Waals surface area contributed by atoms with Crippen molar-refractivity contribution in [2.75, 3.05) is 39.3 Å². The molecule has 3 rings (SSSR count). The molecule has 23 heavy (non-hydrogen) atoms. The van der Waals surface area contributed by atoms with Gasteiger partial charge in [-0.15, -0.1) is 0 Å². The van der Waals surface area contributed by atoms with E-state index in [1.807, 2.05) is 0 Å². The monoisotopic (exact) mass is 322 g/mol. The van der Waals surface area contributed by atoms with Crippen LogP contribution in [0.3, 0.4) is 0 Å². The van der Waals surface area contributed by atoms with Crippen LogP contribution in [0.2, 0.25) is 0 Å². The van der Waals surface area contributed by atoms with E-state index >= 15 is 0 Å². The Kier molecular flexibility index (Phi) is 5.00. The van der Waals surface area contributed by atoms with Gasteiger partial charge in [0, 0.05) is 44.8 Å². The first kappa shape index (κ1) is 16.0. The van der Waals surface area contributed by atoms with Crippen molar-refractivity contribution in [1.82, 2.24) is 20.0 Å². The summed E-state index contributed by atoms with van der Waals surface area (Å²) in [5.74, 6) is -1.19. The van der Waals surface area contributed by atoms with E-state index in [1.165, 1.54) is 18.2 Å². The minimum absolute atomic E-state index is 0.0566. The van der Waals surface area contributed by atoms with Crippen LogP contribution in [0.15, 0.2) is 24.4 Å². The second-order valence-corrected chi connectivity index (χ2v) is 5.71. The molecule has 0 aliphatic carbocycles. The molecule has 0 saturated carbocycles. The molecule has 2 aromatic rings. The van der Waals surface area contributed by atoms with E-state index in [-0.39, 0.29) is 12.2 Å². The topological polar surface area (TPSA) is 55.4 Å². The molecule has 1 aliphatic rings. The summed E-state index contributed by atoms with van der Waals surface area (Å²) in [6.45, 7) is 4.90. The third-order valence-electron chi connectivity index (χ3n) is 4.21. The smallest absolute Gasteiger partial charge is 0.135 e. The summed E-state index contributed by atoms with van der Waals surface area (Å²) in [5, 5.41) is 15.7. The zero-order valence-electron chi connectivity index (χ0n) is 12.8. The van der Waals surface area contributed by atoms with E-state index in [2.05, 4.69) is 20.0 Å². The Hall–Kier alpha value is -1.83. The van der Waals surface area contributed by atoms with Crippen molar-refractivity contribution in [1.29, 1.82) is 0 Å². The number of aliphatic hydroxyl groups excluding tert-OH is 1. The van der Waals surface area contributed by atoms with Crippen LogP contribution < -0.4 is 0 Å². The van der Waals surface area contributed by atoms with Gasteiger partial charge in [0.05, 0.1) is 24.1 Å². The number of hydrogen-bond donors (Lipinski definition) is 2. The Morgan fingerprint density at radius 2 is 1.74 bits per heavy atom. The lowest BCUT2D eigenvalue weighted by Crippen LogP contribution is -2.46. The fraction of sp³-hybridized carbons (Fsp3) is 0.438. The molecule has 1 saturated heterocycles. The number of benzene rings is 1. The van der Waals surface area contributed by atoms with E-state index in [0.717, 1.165) is 31.7 Å². The third-order valence-corrected chi connectivity index (χ3v) is 4.21. The number of H-pyrrole nitrogens is 1. The number of nitrogens with zero attached hydrogens (tertiary/aromatic N) is 3. The summed E-state index contributed by atoms with van der Waals surface area (Å²) in [7, 11) is 0. The van der Waals surface area contributed by atoms with Crippen LogP contribution in [-0.4, -0.2) is 64.4 Å². The largest absolute Gasteiger partial charge is 0.395 e. The number of halogens is 2. The van der Waals surface area contributed by atoms with Gasteiger partial charge >= 0.3 is 0 Å². The number of aromatic nitrogens is 2. The van der Waals surface area contributed by atoms with Gasteiger partial charge in [-0.05, 0) is 12.1 Å². The summed E-state index contributed by atoms with van der Waals surface area (Å²) in [5.41, 5.74) is 1.13. The van der Waals surface area contributed by atoms with Crippen molar-refractivity contribution in [3.05, 3.63) is 41.6 Å². The van der Waals surface area contributed by atoms with Gasteiger partial charge in [-0.1, -0.05) is 6.07 Å². The fourth-order valence-corrected chi connectivity index (χ4v) is 2.94. The van der Waals surface area contributed by atoms with Crippen molar-refractivity contribution >= 4 is 0 Å². The Labute approximate surface area is 133 Å². The highest BCUT2D eigenvalue weighted by Gasteiger charge is 2.21. The van der Waals surface area contributed by atoms with Crippen LogP contribution >= 0.6 is 0 Å². The van der Waals surface area contributed by atoms with Crippen LogP contribution in [0, 0.1) is 11.6 Å². The van der Waals surface area contributed by atoms with E-state index in [1.54, 1.807) is 6.20 Å². The van der Waals surface area contributed by atoms with E-state index in [4.69, 9.17) is 5.11 Å². The lowest BCUT2D eigenvalue weighted by molar-refractivity contribution is 0.108. The molecule has 0 spiro atoms. The highest BCUT2D eigenvalue weighted by Crippen LogP contribution is 2.27. The first-order chi connectivity index (χ1) is 11.2. The normalized spacial score (nSPS) is 16.8. The molecule has 1 aromatic heterocycles. The van der Waals surface area contributed by atoms with Gasteiger partial charge in [0.15, 0.2) is 0 Å². The molecule has 1 aliphatic heterocycles. The minimum Gasteiger partial charge on any atom is -0.395 e. The first-order valence-corrected chi connectivity index (χ1v) is 7.71. The molecule has 2 N–H and O–H groups in total. The molecule has 0 radical (unpaired) electrons. The number of rotatable bonds is 5. The fourth-order valence-electron chi connectivity index (χ4n) is 2.94.